The van der Waals surface area contributed by atoms with Gasteiger partial charge in [0.25, 0.3) is 0 Å². The van der Waals surface area contributed by atoms with E-state index in [2.05, 4.69) is 23.5 Å². The molecule has 1 aliphatic rings. The molecule has 0 atom stereocenters. The van der Waals surface area contributed by atoms with Gasteiger partial charge in [-0.3, -0.25) is 0 Å². The summed E-state index contributed by atoms with van der Waals surface area (Å²) in [7, 11) is 1.69. The van der Waals surface area contributed by atoms with E-state index in [4.69, 9.17) is 14.2 Å². The predicted octanol–water partition coefficient (Wildman–Crippen LogP) is 2.76. The molecule has 0 aliphatic carbocycles. The highest BCUT2D eigenvalue weighted by Crippen LogP contribution is 2.32. The van der Waals surface area contributed by atoms with E-state index in [-0.39, 0.29) is 0 Å². The molecule has 0 amide bonds. The first-order valence-corrected chi connectivity index (χ1v) is 7.07. The van der Waals surface area contributed by atoms with Gasteiger partial charge in [-0.25, -0.2) is 0 Å². The second-order valence-electron chi connectivity index (χ2n) is 4.97. The van der Waals surface area contributed by atoms with E-state index in [0.717, 1.165) is 36.8 Å². The van der Waals surface area contributed by atoms with Gasteiger partial charge in [0.1, 0.15) is 5.75 Å². The van der Waals surface area contributed by atoms with Gasteiger partial charge >= 0.3 is 0 Å². The SMILES string of the molecule is COc1cccc(CNCCc2ccc3c(c2)OCO3)c1. The van der Waals surface area contributed by atoms with Crippen molar-refractivity contribution in [1.29, 1.82) is 0 Å². The van der Waals surface area contributed by atoms with Crippen molar-refractivity contribution in [3.63, 3.8) is 0 Å². The molecule has 4 nitrogen and oxygen atoms in total. The number of nitrogens with one attached hydrogen (secondary N) is 1. The summed E-state index contributed by atoms with van der Waals surface area (Å²) >= 11 is 0. The Morgan fingerprint density at radius 3 is 2.86 bits per heavy atom. The monoisotopic (exact) mass is 285 g/mol. The van der Waals surface area contributed by atoms with Gasteiger partial charge in [0.05, 0.1) is 7.11 Å². The molecule has 0 saturated carbocycles. The van der Waals surface area contributed by atoms with E-state index < -0.39 is 0 Å². The Morgan fingerprint density at radius 2 is 1.95 bits per heavy atom. The predicted molar refractivity (Wildman–Crippen MR) is 81.0 cm³/mol. The number of methoxy groups -OCH3 is 1. The fourth-order valence-electron chi connectivity index (χ4n) is 2.34. The van der Waals surface area contributed by atoms with Crippen molar-refractivity contribution >= 4 is 0 Å². The van der Waals surface area contributed by atoms with Gasteiger partial charge in [-0.1, -0.05) is 18.2 Å². The van der Waals surface area contributed by atoms with Crippen molar-refractivity contribution in [1.82, 2.24) is 5.32 Å². The van der Waals surface area contributed by atoms with Crippen molar-refractivity contribution in [3.8, 4) is 17.2 Å². The van der Waals surface area contributed by atoms with Gasteiger partial charge < -0.3 is 19.5 Å². The Labute approximate surface area is 124 Å². The van der Waals surface area contributed by atoms with Crippen LogP contribution in [0.5, 0.6) is 17.2 Å². The Kier molecular flexibility index (Phi) is 4.26. The summed E-state index contributed by atoms with van der Waals surface area (Å²) in [5, 5.41) is 3.44. The number of rotatable bonds is 6. The van der Waals surface area contributed by atoms with Crippen molar-refractivity contribution < 1.29 is 14.2 Å². The molecule has 0 bridgehead atoms. The van der Waals surface area contributed by atoms with Gasteiger partial charge in [0, 0.05) is 6.54 Å². The maximum absolute atomic E-state index is 5.38. The van der Waals surface area contributed by atoms with Crippen LogP contribution in [0.25, 0.3) is 0 Å². The van der Waals surface area contributed by atoms with Crippen LogP contribution in [-0.2, 0) is 13.0 Å². The third-order valence-corrected chi connectivity index (χ3v) is 3.49. The molecule has 1 aliphatic heterocycles. The zero-order valence-corrected chi connectivity index (χ0v) is 12.1. The first-order chi connectivity index (χ1) is 10.3. The van der Waals surface area contributed by atoms with Crippen LogP contribution < -0.4 is 19.5 Å². The molecule has 0 unspecified atom stereocenters. The van der Waals surface area contributed by atoms with Gasteiger partial charge in [-0.15, -0.1) is 0 Å². The van der Waals surface area contributed by atoms with Crippen molar-refractivity contribution in [2.45, 2.75) is 13.0 Å². The summed E-state index contributed by atoms with van der Waals surface area (Å²) < 4.78 is 15.9. The molecule has 4 heteroatoms. The first kappa shape index (κ1) is 13.8. The molecule has 2 aromatic carbocycles. The van der Waals surface area contributed by atoms with Crippen molar-refractivity contribution in [2.75, 3.05) is 20.4 Å². The summed E-state index contributed by atoms with van der Waals surface area (Å²) in [5.74, 6) is 2.58. The Hall–Kier alpha value is -2.20. The van der Waals surface area contributed by atoms with Gasteiger partial charge in [-0.05, 0) is 48.4 Å². The van der Waals surface area contributed by atoms with E-state index in [0.29, 0.717) is 6.79 Å². The number of hydrogen-bond donors (Lipinski definition) is 1. The largest absolute Gasteiger partial charge is 0.497 e. The fourth-order valence-corrected chi connectivity index (χ4v) is 2.34. The zero-order valence-electron chi connectivity index (χ0n) is 12.1. The van der Waals surface area contributed by atoms with Gasteiger partial charge in [0.2, 0.25) is 6.79 Å². The van der Waals surface area contributed by atoms with Crippen molar-refractivity contribution in [3.05, 3.63) is 53.6 Å². The first-order valence-electron chi connectivity index (χ1n) is 7.07. The second kappa shape index (κ2) is 6.50. The third-order valence-electron chi connectivity index (χ3n) is 3.49. The molecule has 1 N–H and O–H groups in total. The van der Waals surface area contributed by atoms with E-state index in [9.17, 15) is 0 Å². The third kappa shape index (κ3) is 3.47. The van der Waals surface area contributed by atoms with E-state index in [1.54, 1.807) is 7.11 Å². The molecule has 1 heterocycles. The second-order valence-corrected chi connectivity index (χ2v) is 4.97. The lowest BCUT2D eigenvalue weighted by Crippen LogP contribution is -2.16. The van der Waals surface area contributed by atoms with E-state index in [1.807, 2.05) is 24.3 Å². The highest BCUT2D eigenvalue weighted by molar-refractivity contribution is 5.44. The molecule has 2 aromatic rings. The molecule has 3 rings (SSSR count). The summed E-state index contributed by atoms with van der Waals surface area (Å²) in [6.45, 7) is 2.07. The molecule has 0 spiro atoms. The zero-order chi connectivity index (χ0) is 14.5. The van der Waals surface area contributed by atoms with Crippen LogP contribution in [0.2, 0.25) is 0 Å². The highest BCUT2D eigenvalue weighted by Gasteiger charge is 2.12. The van der Waals surface area contributed by atoms with E-state index >= 15 is 0 Å². The number of benzene rings is 2. The molecular weight excluding hydrogens is 266 g/mol. The average Bonchev–Trinajstić information content (AvgIpc) is 2.99. The molecule has 110 valence electrons. The molecule has 0 radical (unpaired) electrons. The van der Waals surface area contributed by atoms with Crippen LogP contribution in [-0.4, -0.2) is 20.4 Å². The summed E-state index contributed by atoms with van der Waals surface area (Å²) in [5.41, 5.74) is 2.47. The van der Waals surface area contributed by atoms with Crippen LogP contribution in [0.4, 0.5) is 0 Å². The number of fused-ring (bicyclic) bond motifs is 1. The van der Waals surface area contributed by atoms with Crippen LogP contribution in [0.3, 0.4) is 0 Å². The summed E-state index contributed by atoms with van der Waals surface area (Å²) in [4.78, 5) is 0. The molecule has 21 heavy (non-hydrogen) atoms. The quantitative estimate of drug-likeness (QED) is 0.828. The normalized spacial score (nSPS) is 12.4. The maximum Gasteiger partial charge on any atom is 0.231 e. The maximum atomic E-state index is 5.38. The molecule has 0 saturated heterocycles. The Balaban J connectivity index is 1.47. The van der Waals surface area contributed by atoms with Crippen LogP contribution in [0.15, 0.2) is 42.5 Å². The Morgan fingerprint density at radius 1 is 1.05 bits per heavy atom. The number of ether oxygens (including phenoxy) is 3. The highest BCUT2D eigenvalue weighted by atomic mass is 16.7. The van der Waals surface area contributed by atoms with Gasteiger partial charge in [0.15, 0.2) is 11.5 Å². The van der Waals surface area contributed by atoms with Crippen LogP contribution in [0.1, 0.15) is 11.1 Å². The van der Waals surface area contributed by atoms with Crippen LogP contribution >= 0.6 is 0 Å². The molecule has 0 fully saturated rings. The minimum Gasteiger partial charge on any atom is -0.497 e. The lowest BCUT2D eigenvalue weighted by atomic mass is 10.1. The standard InChI is InChI=1S/C17H19NO3/c1-19-15-4-2-3-14(9-15)11-18-8-7-13-5-6-16-17(10-13)21-12-20-16/h2-6,9-10,18H,7-8,11-12H2,1H3. The van der Waals surface area contributed by atoms with Crippen molar-refractivity contribution in [2.24, 2.45) is 0 Å². The molecular formula is C17H19NO3. The van der Waals surface area contributed by atoms with Crippen LogP contribution in [0, 0.1) is 0 Å². The summed E-state index contributed by atoms with van der Waals surface area (Å²) in [6.07, 6.45) is 0.959. The Bertz CT molecular complexity index is 613. The lowest BCUT2D eigenvalue weighted by molar-refractivity contribution is 0.174. The lowest BCUT2D eigenvalue weighted by Gasteiger charge is -2.07. The van der Waals surface area contributed by atoms with Gasteiger partial charge in [-0.2, -0.15) is 0 Å². The fraction of sp³-hybridized carbons (Fsp3) is 0.294. The molecule has 0 aromatic heterocycles. The average molecular weight is 285 g/mol. The minimum atomic E-state index is 0.326. The summed E-state index contributed by atoms with van der Waals surface area (Å²) in [6, 6.07) is 14.2. The number of hydrogen-bond acceptors (Lipinski definition) is 4. The topological polar surface area (TPSA) is 39.7 Å². The van der Waals surface area contributed by atoms with E-state index in [1.165, 1.54) is 11.1 Å². The minimum absolute atomic E-state index is 0.326. The smallest absolute Gasteiger partial charge is 0.231 e.